The van der Waals surface area contributed by atoms with E-state index < -0.39 is 17.9 Å². The van der Waals surface area contributed by atoms with E-state index in [-0.39, 0.29) is 11.1 Å². The molecule has 92 valence electrons. The van der Waals surface area contributed by atoms with Crippen molar-refractivity contribution in [1.82, 2.24) is 0 Å². The van der Waals surface area contributed by atoms with Gasteiger partial charge in [0.25, 0.3) is 0 Å². The molecule has 0 fully saturated rings. The molecule has 1 N–H and O–H groups in total. The highest BCUT2D eigenvalue weighted by Crippen LogP contribution is 2.27. The molecule has 0 spiro atoms. The van der Waals surface area contributed by atoms with Crippen molar-refractivity contribution in [2.24, 2.45) is 0 Å². The van der Waals surface area contributed by atoms with Crippen LogP contribution in [-0.2, 0) is 9.53 Å². The summed E-state index contributed by atoms with van der Waals surface area (Å²) in [5.41, 5.74) is -0.320. The van der Waals surface area contributed by atoms with Gasteiger partial charge in [0, 0.05) is 5.56 Å². The van der Waals surface area contributed by atoms with Gasteiger partial charge in [0.2, 0.25) is 0 Å². The molecular formula is C12H13FO4. The van der Waals surface area contributed by atoms with Crippen LogP contribution in [-0.4, -0.2) is 25.3 Å². The van der Waals surface area contributed by atoms with Gasteiger partial charge < -0.3 is 14.6 Å². The van der Waals surface area contributed by atoms with Crippen LogP contribution in [0.2, 0.25) is 0 Å². The van der Waals surface area contributed by atoms with Crippen LogP contribution in [0.15, 0.2) is 30.4 Å². The Balaban J connectivity index is 3.06. The number of benzene rings is 1. The number of methoxy groups -OCH3 is 2. The summed E-state index contributed by atoms with van der Waals surface area (Å²) in [6.45, 7) is 3.37. The number of aliphatic hydroxyl groups excluding tert-OH is 1. The summed E-state index contributed by atoms with van der Waals surface area (Å²) in [5, 5.41) is 9.80. The molecule has 1 rings (SSSR count). The van der Waals surface area contributed by atoms with E-state index in [0.717, 1.165) is 13.2 Å². The first-order valence-corrected chi connectivity index (χ1v) is 4.79. The third kappa shape index (κ3) is 2.82. The van der Waals surface area contributed by atoms with E-state index in [9.17, 15) is 14.3 Å². The lowest BCUT2D eigenvalue weighted by Gasteiger charge is -2.14. The lowest BCUT2D eigenvalue weighted by molar-refractivity contribution is -0.137. The zero-order chi connectivity index (χ0) is 13.0. The molecule has 1 atom stereocenters. The third-order valence-corrected chi connectivity index (χ3v) is 2.28. The summed E-state index contributed by atoms with van der Waals surface area (Å²) >= 11 is 0. The highest BCUT2D eigenvalue weighted by Gasteiger charge is 2.22. The number of halogens is 1. The highest BCUT2D eigenvalue weighted by molar-refractivity contribution is 5.89. The lowest BCUT2D eigenvalue weighted by Crippen LogP contribution is -2.13. The minimum atomic E-state index is -1.46. The summed E-state index contributed by atoms with van der Waals surface area (Å²) in [4.78, 5) is 11.2. The summed E-state index contributed by atoms with van der Waals surface area (Å²) < 4.78 is 22.8. The Hall–Kier alpha value is -1.88. The third-order valence-electron chi connectivity index (χ3n) is 2.28. The van der Waals surface area contributed by atoms with Crippen molar-refractivity contribution in [3.8, 4) is 5.75 Å². The second kappa shape index (κ2) is 5.45. The molecule has 1 unspecified atom stereocenters. The topological polar surface area (TPSA) is 55.8 Å². The Kier molecular flexibility index (Phi) is 4.23. The predicted octanol–water partition coefficient (Wildman–Crippen LogP) is 1.60. The molecule has 0 aliphatic carbocycles. The Bertz CT molecular complexity index is 442. The highest BCUT2D eigenvalue weighted by atomic mass is 19.1. The van der Waals surface area contributed by atoms with Gasteiger partial charge in [0.1, 0.15) is 17.7 Å². The molecule has 0 heterocycles. The molecule has 0 radical (unpaired) electrons. The summed E-state index contributed by atoms with van der Waals surface area (Å²) in [5.74, 6) is -1.07. The maximum atomic E-state index is 13.5. The van der Waals surface area contributed by atoms with E-state index >= 15 is 0 Å². The van der Waals surface area contributed by atoms with Crippen LogP contribution in [0.3, 0.4) is 0 Å². The number of rotatable bonds is 4. The summed E-state index contributed by atoms with van der Waals surface area (Å²) in [6, 6.07) is 3.85. The molecule has 1 aromatic carbocycles. The number of esters is 1. The van der Waals surface area contributed by atoms with Gasteiger partial charge in [-0.3, -0.25) is 0 Å². The molecule has 0 aliphatic heterocycles. The van der Waals surface area contributed by atoms with Gasteiger partial charge in [0.05, 0.1) is 19.8 Å². The van der Waals surface area contributed by atoms with Crippen LogP contribution >= 0.6 is 0 Å². The lowest BCUT2D eigenvalue weighted by atomic mass is 10.0. The first-order valence-electron chi connectivity index (χ1n) is 4.79. The van der Waals surface area contributed by atoms with Crippen molar-refractivity contribution in [1.29, 1.82) is 0 Å². The molecule has 1 aromatic rings. The minimum absolute atomic E-state index is 0.0836. The number of hydrogen-bond donors (Lipinski definition) is 1. The Morgan fingerprint density at radius 2 is 2.12 bits per heavy atom. The number of aliphatic hydroxyl groups is 1. The van der Waals surface area contributed by atoms with Gasteiger partial charge in [-0.15, -0.1) is 0 Å². The molecule has 17 heavy (non-hydrogen) atoms. The fourth-order valence-electron chi connectivity index (χ4n) is 1.29. The van der Waals surface area contributed by atoms with E-state index in [0.29, 0.717) is 5.75 Å². The standard InChI is InChI=1S/C12H13FO4/c1-7(12(15)17-3)11(14)9-6-8(16-2)4-5-10(9)13/h4-6,11,14H,1H2,2-3H3. The van der Waals surface area contributed by atoms with Gasteiger partial charge in [-0.05, 0) is 18.2 Å². The van der Waals surface area contributed by atoms with Crippen LogP contribution in [0.5, 0.6) is 5.75 Å². The summed E-state index contributed by atoms with van der Waals surface area (Å²) in [7, 11) is 2.57. The minimum Gasteiger partial charge on any atom is -0.497 e. The van der Waals surface area contributed by atoms with Gasteiger partial charge in [-0.25, -0.2) is 9.18 Å². The van der Waals surface area contributed by atoms with Crippen LogP contribution < -0.4 is 4.74 Å². The fraction of sp³-hybridized carbons (Fsp3) is 0.250. The van der Waals surface area contributed by atoms with Gasteiger partial charge in [-0.2, -0.15) is 0 Å². The van der Waals surface area contributed by atoms with Crippen LogP contribution in [0, 0.1) is 5.82 Å². The molecule has 5 heteroatoms. The quantitative estimate of drug-likeness (QED) is 0.641. The smallest absolute Gasteiger partial charge is 0.336 e. The van der Waals surface area contributed by atoms with Gasteiger partial charge in [0.15, 0.2) is 0 Å². The van der Waals surface area contributed by atoms with Crippen molar-refractivity contribution in [3.63, 3.8) is 0 Å². The maximum Gasteiger partial charge on any atom is 0.336 e. The summed E-state index contributed by atoms with van der Waals surface area (Å²) in [6.07, 6.45) is -1.46. The molecule has 0 aliphatic rings. The van der Waals surface area contributed by atoms with Crippen molar-refractivity contribution in [3.05, 3.63) is 41.7 Å². The largest absolute Gasteiger partial charge is 0.497 e. The number of carbonyl (C=O) groups excluding carboxylic acids is 1. The number of ether oxygens (including phenoxy) is 2. The van der Waals surface area contributed by atoms with E-state index in [1.807, 2.05) is 0 Å². The number of carbonyl (C=O) groups is 1. The van der Waals surface area contributed by atoms with E-state index in [2.05, 4.69) is 11.3 Å². The molecule has 0 aromatic heterocycles. The van der Waals surface area contributed by atoms with Crippen molar-refractivity contribution >= 4 is 5.97 Å². The zero-order valence-corrected chi connectivity index (χ0v) is 9.57. The first-order chi connectivity index (χ1) is 8.01. The van der Waals surface area contributed by atoms with Gasteiger partial charge in [-0.1, -0.05) is 6.58 Å². The average molecular weight is 240 g/mol. The van der Waals surface area contributed by atoms with Crippen LogP contribution in [0.4, 0.5) is 4.39 Å². The molecular weight excluding hydrogens is 227 g/mol. The van der Waals surface area contributed by atoms with Crippen LogP contribution in [0.1, 0.15) is 11.7 Å². The average Bonchev–Trinajstić information content (AvgIpc) is 2.36. The van der Waals surface area contributed by atoms with Crippen molar-refractivity contribution < 1.29 is 23.8 Å². The van der Waals surface area contributed by atoms with E-state index in [1.165, 1.54) is 19.2 Å². The second-order valence-electron chi connectivity index (χ2n) is 3.31. The van der Waals surface area contributed by atoms with E-state index in [4.69, 9.17) is 4.74 Å². The SMILES string of the molecule is C=C(C(=O)OC)C(O)c1cc(OC)ccc1F. The van der Waals surface area contributed by atoms with E-state index in [1.54, 1.807) is 0 Å². The van der Waals surface area contributed by atoms with Crippen molar-refractivity contribution in [2.45, 2.75) is 6.10 Å². The van der Waals surface area contributed by atoms with Crippen LogP contribution in [0.25, 0.3) is 0 Å². The van der Waals surface area contributed by atoms with Gasteiger partial charge >= 0.3 is 5.97 Å². The molecule has 4 nitrogen and oxygen atoms in total. The Morgan fingerprint density at radius 3 is 2.65 bits per heavy atom. The Morgan fingerprint density at radius 1 is 1.47 bits per heavy atom. The zero-order valence-electron chi connectivity index (χ0n) is 9.57. The maximum absolute atomic E-state index is 13.5. The molecule has 0 amide bonds. The van der Waals surface area contributed by atoms with Crippen molar-refractivity contribution in [2.75, 3.05) is 14.2 Å². The number of hydrogen-bond acceptors (Lipinski definition) is 4. The first kappa shape index (κ1) is 13.2. The monoisotopic (exact) mass is 240 g/mol. The normalized spacial score (nSPS) is 11.8. The molecule has 0 saturated carbocycles. The predicted molar refractivity (Wildman–Crippen MR) is 59.1 cm³/mol. The second-order valence-corrected chi connectivity index (χ2v) is 3.31. The fourth-order valence-corrected chi connectivity index (χ4v) is 1.29. The molecule has 0 saturated heterocycles. The Labute approximate surface area is 98.3 Å². The molecule has 0 bridgehead atoms.